The van der Waals surface area contributed by atoms with E-state index in [2.05, 4.69) is 39.5 Å². The van der Waals surface area contributed by atoms with Gasteiger partial charge in [-0.1, -0.05) is 42.5 Å². The van der Waals surface area contributed by atoms with Crippen molar-refractivity contribution in [1.82, 2.24) is 15.2 Å². The van der Waals surface area contributed by atoms with Gasteiger partial charge in [-0.25, -0.2) is 4.98 Å². The van der Waals surface area contributed by atoms with E-state index < -0.39 is 0 Å². The summed E-state index contributed by atoms with van der Waals surface area (Å²) in [6.07, 6.45) is 3.03. The second-order valence-electron chi connectivity index (χ2n) is 6.75. The van der Waals surface area contributed by atoms with Gasteiger partial charge in [-0.15, -0.1) is 0 Å². The van der Waals surface area contributed by atoms with Crippen LogP contribution in [0.4, 0.5) is 0 Å². The lowest BCUT2D eigenvalue weighted by Gasteiger charge is -2.32. The first kappa shape index (κ1) is 17.0. The van der Waals surface area contributed by atoms with Crippen molar-refractivity contribution in [3.8, 4) is 0 Å². The van der Waals surface area contributed by atoms with Crippen molar-refractivity contribution in [2.45, 2.75) is 25.2 Å². The third kappa shape index (κ3) is 3.88. The van der Waals surface area contributed by atoms with E-state index >= 15 is 0 Å². The second kappa shape index (κ2) is 7.87. The van der Waals surface area contributed by atoms with E-state index in [0.717, 1.165) is 61.0 Å². The molecular formula is C21H23N3OS. The van der Waals surface area contributed by atoms with Gasteiger partial charge in [-0.05, 0) is 49.2 Å². The lowest BCUT2D eigenvalue weighted by Crippen LogP contribution is -2.44. The standard InChI is InChI=1S/C21H23N3OS/c26-21(22-13-10-16-6-2-1-3-7-16)24-14-11-17(12-15-24)20-23-18-8-4-5-9-19(18)25-20/h1-9,17H,10-15H2,(H,22,26). The van der Waals surface area contributed by atoms with E-state index in [1.165, 1.54) is 5.56 Å². The molecule has 0 unspecified atom stereocenters. The number of para-hydroxylation sites is 2. The molecule has 0 radical (unpaired) electrons. The highest BCUT2D eigenvalue weighted by Gasteiger charge is 2.25. The summed E-state index contributed by atoms with van der Waals surface area (Å²) >= 11 is 5.57. The van der Waals surface area contributed by atoms with Crippen LogP contribution in [-0.4, -0.2) is 34.6 Å². The minimum atomic E-state index is 0.380. The maximum absolute atomic E-state index is 5.94. The number of hydrogen-bond donors (Lipinski definition) is 1. The number of rotatable bonds is 4. The topological polar surface area (TPSA) is 41.3 Å². The van der Waals surface area contributed by atoms with Crippen LogP contribution in [0.1, 0.15) is 30.2 Å². The number of nitrogens with zero attached hydrogens (tertiary/aromatic N) is 2. The number of hydrogen-bond acceptors (Lipinski definition) is 3. The third-order valence-electron chi connectivity index (χ3n) is 4.97. The number of piperidine rings is 1. The van der Waals surface area contributed by atoms with Gasteiger partial charge in [-0.3, -0.25) is 0 Å². The molecule has 134 valence electrons. The Balaban J connectivity index is 1.27. The lowest BCUT2D eigenvalue weighted by molar-refractivity contribution is 0.285. The lowest BCUT2D eigenvalue weighted by atomic mass is 9.97. The summed E-state index contributed by atoms with van der Waals surface area (Å²) in [4.78, 5) is 6.92. The third-order valence-corrected chi connectivity index (χ3v) is 5.38. The number of nitrogens with one attached hydrogen (secondary N) is 1. The normalized spacial score (nSPS) is 15.3. The Morgan fingerprint density at radius 1 is 1.08 bits per heavy atom. The second-order valence-corrected chi connectivity index (χ2v) is 7.14. The van der Waals surface area contributed by atoms with Crippen LogP contribution in [0, 0.1) is 0 Å². The van der Waals surface area contributed by atoms with E-state index in [1.54, 1.807) is 0 Å². The highest BCUT2D eigenvalue weighted by molar-refractivity contribution is 7.80. The fourth-order valence-corrected chi connectivity index (χ4v) is 3.75. The van der Waals surface area contributed by atoms with Crippen molar-refractivity contribution < 1.29 is 4.42 Å². The molecule has 4 rings (SSSR count). The quantitative estimate of drug-likeness (QED) is 0.704. The van der Waals surface area contributed by atoms with E-state index in [1.807, 2.05) is 30.3 Å². The minimum absolute atomic E-state index is 0.380. The molecule has 1 fully saturated rings. The molecule has 3 aromatic rings. The monoisotopic (exact) mass is 365 g/mol. The fourth-order valence-electron chi connectivity index (χ4n) is 3.46. The van der Waals surface area contributed by atoms with Crippen LogP contribution in [0.5, 0.6) is 0 Å². The van der Waals surface area contributed by atoms with Gasteiger partial charge in [0.15, 0.2) is 16.6 Å². The molecule has 5 heteroatoms. The maximum atomic E-state index is 5.94. The molecule has 4 nitrogen and oxygen atoms in total. The molecule has 1 aromatic heterocycles. The minimum Gasteiger partial charge on any atom is -0.440 e. The molecular weight excluding hydrogens is 342 g/mol. The van der Waals surface area contributed by atoms with Gasteiger partial charge in [0.05, 0.1) is 0 Å². The van der Waals surface area contributed by atoms with Crippen molar-refractivity contribution in [1.29, 1.82) is 0 Å². The zero-order chi connectivity index (χ0) is 17.8. The van der Waals surface area contributed by atoms with Crippen molar-refractivity contribution in [3.05, 3.63) is 66.1 Å². The molecule has 0 bridgehead atoms. The Bertz CT molecular complexity index is 836. The van der Waals surface area contributed by atoms with Gasteiger partial charge in [0.1, 0.15) is 5.52 Å². The van der Waals surface area contributed by atoms with E-state index in [4.69, 9.17) is 16.6 Å². The van der Waals surface area contributed by atoms with Crippen LogP contribution in [-0.2, 0) is 6.42 Å². The zero-order valence-electron chi connectivity index (χ0n) is 14.7. The summed E-state index contributed by atoms with van der Waals surface area (Å²) in [5, 5.41) is 4.25. The highest BCUT2D eigenvalue weighted by Crippen LogP contribution is 2.29. The van der Waals surface area contributed by atoms with Gasteiger partial charge < -0.3 is 14.6 Å². The summed E-state index contributed by atoms with van der Waals surface area (Å²) in [5.74, 6) is 1.25. The van der Waals surface area contributed by atoms with Crippen LogP contribution in [0.25, 0.3) is 11.1 Å². The summed E-state index contributed by atoms with van der Waals surface area (Å²) < 4.78 is 5.94. The van der Waals surface area contributed by atoms with Gasteiger partial charge in [0.2, 0.25) is 0 Å². The zero-order valence-corrected chi connectivity index (χ0v) is 15.5. The van der Waals surface area contributed by atoms with Crippen LogP contribution < -0.4 is 5.32 Å². The van der Waals surface area contributed by atoms with Gasteiger partial charge in [0.25, 0.3) is 0 Å². The van der Waals surface area contributed by atoms with Crippen LogP contribution in [0.15, 0.2) is 59.0 Å². The summed E-state index contributed by atoms with van der Waals surface area (Å²) in [6, 6.07) is 18.5. The molecule has 1 N–H and O–H groups in total. The van der Waals surface area contributed by atoms with E-state index in [0.29, 0.717) is 5.92 Å². The molecule has 0 saturated carbocycles. The Morgan fingerprint density at radius 2 is 1.81 bits per heavy atom. The number of thiocarbonyl (C=S) groups is 1. The van der Waals surface area contributed by atoms with Crippen LogP contribution in [0.2, 0.25) is 0 Å². The number of aromatic nitrogens is 1. The van der Waals surface area contributed by atoms with E-state index in [9.17, 15) is 0 Å². The molecule has 0 spiro atoms. The molecule has 0 aliphatic carbocycles. The first-order valence-electron chi connectivity index (χ1n) is 9.22. The Labute approximate surface area is 159 Å². The summed E-state index contributed by atoms with van der Waals surface area (Å²) in [6.45, 7) is 2.76. The average molecular weight is 366 g/mol. The Kier molecular flexibility index (Phi) is 5.16. The molecule has 1 aliphatic rings. The first-order valence-corrected chi connectivity index (χ1v) is 9.62. The number of fused-ring (bicyclic) bond motifs is 1. The molecule has 0 atom stereocenters. The van der Waals surface area contributed by atoms with Crippen molar-refractivity contribution >= 4 is 28.4 Å². The smallest absolute Gasteiger partial charge is 0.198 e. The van der Waals surface area contributed by atoms with Gasteiger partial charge in [-0.2, -0.15) is 0 Å². The predicted octanol–water partition coefficient (Wildman–Crippen LogP) is 4.12. The maximum Gasteiger partial charge on any atom is 0.198 e. The largest absolute Gasteiger partial charge is 0.440 e. The van der Waals surface area contributed by atoms with Gasteiger partial charge >= 0.3 is 0 Å². The summed E-state index contributed by atoms with van der Waals surface area (Å²) in [7, 11) is 0. The van der Waals surface area contributed by atoms with Gasteiger partial charge in [0, 0.05) is 25.6 Å². The average Bonchev–Trinajstić information content (AvgIpc) is 3.13. The van der Waals surface area contributed by atoms with E-state index in [-0.39, 0.29) is 0 Å². The Morgan fingerprint density at radius 3 is 2.58 bits per heavy atom. The summed E-state index contributed by atoms with van der Waals surface area (Å²) in [5.41, 5.74) is 3.16. The van der Waals surface area contributed by atoms with Crippen LogP contribution >= 0.6 is 12.2 Å². The number of benzene rings is 2. The molecule has 2 aromatic carbocycles. The molecule has 1 saturated heterocycles. The predicted molar refractivity (Wildman–Crippen MR) is 108 cm³/mol. The van der Waals surface area contributed by atoms with Crippen molar-refractivity contribution in [3.63, 3.8) is 0 Å². The molecule has 26 heavy (non-hydrogen) atoms. The van der Waals surface area contributed by atoms with Crippen molar-refractivity contribution in [2.24, 2.45) is 0 Å². The Hall–Kier alpha value is -2.40. The molecule has 1 aliphatic heterocycles. The number of oxazole rings is 1. The molecule has 0 amide bonds. The SMILES string of the molecule is S=C(NCCc1ccccc1)N1CCC(c2nc3ccccc3o2)CC1. The number of likely N-dealkylation sites (tertiary alicyclic amines) is 1. The first-order chi connectivity index (χ1) is 12.8. The fraction of sp³-hybridized carbons (Fsp3) is 0.333. The van der Waals surface area contributed by atoms with Crippen molar-refractivity contribution in [2.75, 3.05) is 19.6 Å². The van der Waals surface area contributed by atoms with Crippen LogP contribution in [0.3, 0.4) is 0 Å². The highest BCUT2D eigenvalue weighted by atomic mass is 32.1. The molecule has 2 heterocycles.